The van der Waals surface area contributed by atoms with Gasteiger partial charge in [0.25, 0.3) is 0 Å². The van der Waals surface area contributed by atoms with Crippen LogP contribution in [0.3, 0.4) is 0 Å². The molecule has 1 aromatic carbocycles. The molecule has 1 heterocycles. The van der Waals surface area contributed by atoms with Crippen molar-refractivity contribution in [3.8, 4) is 0 Å². The SMILES string of the molecule is Cc1cccc(S(=O)(=O)NC(c2cccs2)C2CC(O)C2)c1. The van der Waals surface area contributed by atoms with Gasteiger partial charge in [0, 0.05) is 4.88 Å². The highest BCUT2D eigenvalue weighted by atomic mass is 32.2. The standard InChI is InChI=1S/C16H19NO3S2/c1-11-4-2-5-14(8-11)22(19,20)17-16(12-9-13(18)10-12)15-6-3-7-21-15/h2-8,12-13,16-18H,9-10H2,1H3. The van der Waals surface area contributed by atoms with Gasteiger partial charge in [0.05, 0.1) is 17.0 Å². The van der Waals surface area contributed by atoms with Crippen LogP contribution >= 0.6 is 11.3 Å². The maximum absolute atomic E-state index is 12.6. The van der Waals surface area contributed by atoms with Gasteiger partial charge in [0.15, 0.2) is 0 Å². The lowest BCUT2D eigenvalue weighted by Crippen LogP contribution is -2.41. The van der Waals surface area contributed by atoms with E-state index in [2.05, 4.69) is 4.72 Å². The van der Waals surface area contributed by atoms with Crippen LogP contribution in [0, 0.1) is 12.8 Å². The first-order valence-corrected chi connectivity index (χ1v) is 9.62. The Morgan fingerprint density at radius 1 is 1.27 bits per heavy atom. The molecule has 6 heteroatoms. The van der Waals surface area contributed by atoms with Gasteiger partial charge in [-0.15, -0.1) is 11.3 Å². The van der Waals surface area contributed by atoms with E-state index in [1.807, 2.05) is 30.5 Å². The van der Waals surface area contributed by atoms with E-state index in [1.54, 1.807) is 29.5 Å². The fourth-order valence-electron chi connectivity index (χ4n) is 2.77. The summed E-state index contributed by atoms with van der Waals surface area (Å²) in [6, 6.07) is 10.5. The molecule has 1 aliphatic carbocycles. The minimum absolute atomic E-state index is 0.147. The van der Waals surface area contributed by atoms with E-state index in [9.17, 15) is 13.5 Å². The third-order valence-electron chi connectivity index (χ3n) is 4.05. The van der Waals surface area contributed by atoms with E-state index >= 15 is 0 Å². The Hall–Kier alpha value is -1.21. The number of hydrogen-bond donors (Lipinski definition) is 2. The average Bonchev–Trinajstić information content (AvgIpc) is 2.96. The number of sulfonamides is 1. The van der Waals surface area contributed by atoms with Crippen LogP contribution in [0.2, 0.25) is 0 Å². The summed E-state index contributed by atoms with van der Waals surface area (Å²) >= 11 is 1.54. The molecule has 1 saturated carbocycles. The number of benzene rings is 1. The molecule has 2 aromatic rings. The summed E-state index contributed by atoms with van der Waals surface area (Å²) in [5.74, 6) is 0.147. The third kappa shape index (κ3) is 3.25. The van der Waals surface area contributed by atoms with Gasteiger partial charge in [-0.3, -0.25) is 0 Å². The van der Waals surface area contributed by atoms with Crippen molar-refractivity contribution >= 4 is 21.4 Å². The summed E-state index contributed by atoms with van der Waals surface area (Å²) in [4.78, 5) is 1.28. The summed E-state index contributed by atoms with van der Waals surface area (Å²) in [6.45, 7) is 1.87. The molecule has 2 N–H and O–H groups in total. The van der Waals surface area contributed by atoms with Crippen molar-refractivity contribution in [1.82, 2.24) is 4.72 Å². The van der Waals surface area contributed by atoms with E-state index in [0.29, 0.717) is 12.8 Å². The van der Waals surface area contributed by atoms with Crippen LogP contribution in [-0.4, -0.2) is 19.6 Å². The monoisotopic (exact) mass is 337 g/mol. The molecule has 4 nitrogen and oxygen atoms in total. The second kappa shape index (κ2) is 6.12. The summed E-state index contributed by atoms with van der Waals surface area (Å²) in [6.07, 6.45) is 0.966. The minimum Gasteiger partial charge on any atom is -0.393 e. The lowest BCUT2D eigenvalue weighted by Gasteiger charge is -2.37. The minimum atomic E-state index is -3.57. The number of nitrogens with one attached hydrogen (secondary N) is 1. The molecule has 0 bridgehead atoms. The first-order valence-electron chi connectivity index (χ1n) is 7.26. The molecule has 22 heavy (non-hydrogen) atoms. The molecular formula is C16H19NO3S2. The molecule has 118 valence electrons. The Balaban J connectivity index is 1.87. The highest BCUT2D eigenvalue weighted by Crippen LogP contribution is 2.40. The van der Waals surface area contributed by atoms with Gasteiger partial charge in [-0.25, -0.2) is 13.1 Å². The normalized spacial score (nSPS) is 23.0. The van der Waals surface area contributed by atoms with Crippen LogP contribution in [0.15, 0.2) is 46.7 Å². The van der Waals surface area contributed by atoms with Crippen LogP contribution in [-0.2, 0) is 10.0 Å². The number of hydrogen-bond acceptors (Lipinski definition) is 4. The van der Waals surface area contributed by atoms with Gasteiger partial charge >= 0.3 is 0 Å². The maximum Gasteiger partial charge on any atom is 0.241 e. The zero-order valence-electron chi connectivity index (χ0n) is 12.3. The second-order valence-corrected chi connectivity index (χ2v) is 8.51. The van der Waals surface area contributed by atoms with Crippen molar-refractivity contribution in [1.29, 1.82) is 0 Å². The lowest BCUT2D eigenvalue weighted by molar-refractivity contribution is 0.0286. The van der Waals surface area contributed by atoms with Crippen molar-refractivity contribution in [2.45, 2.75) is 36.8 Å². The molecule has 1 atom stereocenters. The van der Waals surface area contributed by atoms with E-state index in [-0.39, 0.29) is 23.0 Å². The quantitative estimate of drug-likeness (QED) is 0.882. The lowest BCUT2D eigenvalue weighted by atomic mass is 9.77. The summed E-state index contributed by atoms with van der Waals surface area (Å²) in [5.41, 5.74) is 0.912. The summed E-state index contributed by atoms with van der Waals surface area (Å²) in [7, 11) is -3.57. The third-order valence-corrected chi connectivity index (χ3v) is 6.45. The summed E-state index contributed by atoms with van der Waals surface area (Å²) in [5, 5.41) is 11.5. The van der Waals surface area contributed by atoms with Gasteiger partial charge in [-0.1, -0.05) is 18.2 Å². The molecule has 1 aromatic heterocycles. The summed E-state index contributed by atoms with van der Waals surface area (Å²) < 4.78 is 28.1. The van der Waals surface area contributed by atoms with Crippen molar-refractivity contribution in [3.63, 3.8) is 0 Å². The van der Waals surface area contributed by atoms with Crippen LogP contribution in [0.25, 0.3) is 0 Å². The van der Waals surface area contributed by atoms with Crippen molar-refractivity contribution in [3.05, 3.63) is 52.2 Å². The van der Waals surface area contributed by atoms with Gasteiger partial charge in [-0.05, 0) is 54.8 Å². The number of thiophene rings is 1. The molecule has 0 amide bonds. The number of aliphatic hydroxyl groups is 1. The van der Waals surface area contributed by atoms with Crippen LogP contribution in [0.1, 0.15) is 29.3 Å². The molecule has 0 spiro atoms. The number of rotatable bonds is 5. The first kappa shape index (κ1) is 15.7. The molecule has 1 fully saturated rings. The predicted molar refractivity (Wildman–Crippen MR) is 87.3 cm³/mol. The molecule has 1 aliphatic rings. The average molecular weight is 337 g/mol. The Morgan fingerprint density at radius 3 is 2.64 bits per heavy atom. The fourth-order valence-corrected chi connectivity index (χ4v) is 5.11. The van der Waals surface area contributed by atoms with Gasteiger partial charge in [0.2, 0.25) is 10.0 Å². The molecule has 0 aliphatic heterocycles. The van der Waals surface area contributed by atoms with Gasteiger partial charge in [0.1, 0.15) is 0 Å². The topological polar surface area (TPSA) is 66.4 Å². The predicted octanol–water partition coefficient (Wildman–Crippen LogP) is 2.85. The smallest absolute Gasteiger partial charge is 0.241 e. The van der Waals surface area contributed by atoms with E-state index in [0.717, 1.165) is 10.4 Å². The molecule has 1 unspecified atom stereocenters. The Labute approximate surface area is 134 Å². The first-order chi connectivity index (χ1) is 10.5. The van der Waals surface area contributed by atoms with E-state index in [1.165, 1.54) is 0 Å². The van der Waals surface area contributed by atoms with Gasteiger partial charge < -0.3 is 5.11 Å². The highest BCUT2D eigenvalue weighted by molar-refractivity contribution is 7.89. The largest absolute Gasteiger partial charge is 0.393 e. The van der Waals surface area contributed by atoms with Crippen molar-refractivity contribution in [2.75, 3.05) is 0 Å². The molecule has 0 saturated heterocycles. The highest BCUT2D eigenvalue weighted by Gasteiger charge is 2.37. The zero-order chi connectivity index (χ0) is 15.7. The van der Waals surface area contributed by atoms with Crippen molar-refractivity contribution in [2.24, 2.45) is 5.92 Å². The zero-order valence-corrected chi connectivity index (χ0v) is 13.9. The van der Waals surface area contributed by atoms with Gasteiger partial charge in [-0.2, -0.15) is 0 Å². The molecule has 0 radical (unpaired) electrons. The number of aliphatic hydroxyl groups excluding tert-OH is 1. The Bertz CT molecular complexity index is 735. The molecule has 3 rings (SSSR count). The Kier molecular flexibility index (Phi) is 4.36. The maximum atomic E-state index is 12.6. The second-order valence-electron chi connectivity index (χ2n) is 5.82. The van der Waals surface area contributed by atoms with Crippen LogP contribution < -0.4 is 4.72 Å². The van der Waals surface area contributed by atoms with Crippen molar-refractivity contribution < 1.29 is 13.5 Å². The fraction of sp³-hybridized carbons (Fsp3) is 0.375. The van der Waals surface area contributed by atoms with Crippen LogP contribution in [0.5, 0.6) is 0 Å². The van der Waals surface area contributed by atoms with E-state index < -0.39 is 10.0 Å². The number of aryl methyl sites for hydroxylation is 1. The Morgan fingerprint density at radius 2 is 2.05 bits per heavy atom. The molecular weight excluding hydrogens is 318 g/mol. The van der Waals surface area contributed by atoms with E-state index in [4.69, 9.17) is 0 Å². The van der Waals surface area contributed by atoms with Crippen LogP contribution in [0.4, 0.5) is 0 Å².